The number of rotatable bonds is 4. The van der Waals surface area contributed by atoms with E-state index in [1.807, 2.05) is 20.8 Å². The summed E-state index contributed by atoms with van der Waals surface area (Å²) in [5.41, 5.74) is -0.0406. The summed E-state index contributed by atoms with van der Waals surface area (Å²) in [6.07, 6.45) is 0. The molecular weight excluding hydrogens is 207 g/mol. The van der Waals surface area contributed by atoms with E-state index in [0.29, 0.717) is 5.56 Å². The van der Waals surface area contributed by atoms with Crippen molar-refractivity contribution in [1.29, 1.82) is 0 Å². The predicted molar refractivity (Wildman–Crippen MR) is 61.7 cm³/mol. The number of ether oxygens (including phenoxy) is 1. The Bertz CT molecular complexity index is 363. The summed E-state index contributed by atoms with van der Waals surface area (Å²) < 4.78 is 18.7. The van der Waals surface area contributed by atoms with Crippen molar-refractivity contribution in [3.05, 3.63) is 35.1 Å². The third-order valence-electron chi connectivity index (χ3n) is 2.91. The molecule has 16 heavy (non-hydrogen) atoms. The minimum atomic E-state index is -1.27. The fourth-order valence-corrected chi connectivity index (χ4v) is 1.75. The fourth-order valence-electron chi connectivity index (χ4n) is 1.75. The molecule has 0 bridgehead atoms. The lowest BCUT2D eigenvalue weighted by atomic mass is 9.83. The van der Waals surface area contributed by atoms with Crippen LogP contribution in [-0.4, -0.2) is 18.8 Å². The van der Waals surface area contributed by atoms with E-state index in [0.717, 1.165) is 5.56 Å². The molecule has 3 heteroatoms. The van der Waals surface area contributed by atoms with Gasteiger partial charge in [-0.2, -0.15) is 0 Å². The van der Waals surface area contributed by atoms with Crippen LogP contribution >= 0.6 is 0 Å². The summed E-state index contributed by atoms with van der Waals surface area (Å²) in [4.78, 5) is 0. The maximum Gasteiger partial charge on any atom is 0.129 e. The Hall–Kier alpha value is -0.930. The van der Waals surface area contributed by atoms with Crippen molar-refractivity contribution in [3.8, 4) is 0 Å². The zero-order chi connectivity index (χ0) is 12.3. The highest BCUT2D eigenvalue weighted by Crippen LogP contribution is 2.32. The molecule has 1 aromatic rings. The molecule has 0 spiro atoms. The summed E-state index contributed by atoms with van der Waals surface area (Å²) in [6, 6.07) is 4.74. The van der Waals surface area contributed by atoms with Gasteiger partial charge >= 0.3 is 0 Å². The van der Waals surface area contributed by atoms with Gasteiger partial charge in [0, 0.05) is 12.7 Å². The Morgan fingerprint density at radius 1 is 1.44 bits per heavy atom. The Morgan fingerprint density at radius 3 is 2.56 bits per heavy atom. The highest BCUT2D eigenvalue weighted by molar-refractivity contribution is 5.29. The second-order valence-electron chi connectivity index (χ2n) is 4.50. The minimum Gasteiger partial charge on any atom is -0.382 e. The Labute approximate surface area is 96.1 Å². The van der Waals surface area contributed by atoms with Crippen LogP contribution in [0, 0.1) is 18.7 Å². The van der Waals surface area contributed by atoms with Crippen LogP contribution < -0.4 is 0 Å². The van der Waals surface area contributed by atoms with Crippen LogP contribution in [0.2, 0.25) is 0 Å². The summed E-state index contributed by atoms with van der Waals surface area (Å²) >= 11 is 0. The molecule has 0 aliphatic carbocycles. The molecule has 0 radical (unpaired) electrons. The lowest BCUT2D eigenvalue weighted by molar-refractivity contribution is -0.0723. The van der Waals surface area contributed by atoms with Gasteiger partial charge in [-0.3, -0.25) is 0 Å². The van der Waals surface area contributed by atoms with Crippen molar-refractivity contribution in [2.75, 3.05) is 13.7 Å². The van der Waals surface area contributed by atoms with Gasteiger partial charge in [0.2, 0.25) is 0 Å². The maximum atomic E-state index is 13.7. The average Bonchev–Trinajstić information content (AvgIpc) is 2.21. The summed E-state index contributed by atoms with van der Waals surface area (Å²) in [6.45, 7) is 5.66. The van der Waals surface area contributed by atoms with Crippen LogP contribution in [0.1, 0.15) is 25.0 Å². The number of hydrogen-bond acceptors (Lipinski definition) is 2. The maximum absolute atomic E-state index is 13.7. The van der Waals surface area contributed by atoms with E-state index < -0.39 is 5.60 Å². The predicted octanol–water partition coefficient (Wildman–Crippen LogP) is 2.62. The first kappa shape index (κ1) is 13.1. The number of methoxy groups -OCH3 is 1. The van der Waals surface area contributed by atoms with Crippen molar-refractivity contribution in [1.82, 2.24) is 0 Å². The number of benzene rings is 1. The Morgan fingerprint density at radius 2 is 2.06 bits per heavy atom. The Balaban J connectivity index is 3.25. The SMILES string of the molecule is COCC(O)(c1cc(C)ccc1F)C(C)C. The van der Waals surface area contributed by atoms with Gasteiger partial charge in [-0.05, 0) is 18.9 Å². The number of halogens is 1. The quantitative estimate of drug-likeness (QED) is 0.855. The highest BCUT2D eigenvalue weighted by atomic mass is 19.1. The molecule has 1 atom stereocenters. The minimum absolute atomic E-state index is 0.0883. The van der Waals surface area contributed by atoms with Gasteiger partial charge in [0.25, 0.3) is 0 Å². The molecule has 1 rings (SSSR count). The normalized spacial score (nSPS) is 15.2. The van der Waals surface area contributed by atoms with Crippen LogP contribution in [0.25, 0.3) is 0 Å². The molecule has 0 aromatic heterocycles. The molecule has 1 unspecified atom stereocenters. The van der Waals surface area contributed by atoms with Gasteiger partial charge in [-0.25, -0.2) is 4.39 Å². The second-order valence-corrected chi connectivity index (χ2v) is 4.50. The van der Waals surface area contributed by atoms with Crippen LogP contribution in [0.4, 0.5) is 4.39 Å². The molecule has 0 fully saturated rings. The van der Waals surface area contributed by atoms with Crippen molar-refractivity contribution < 1.29 is 14.2 Å². The summed E-state index contributed by atoms with van der Waals surface area (Å²) in [5.74, 6) is -0.511. The monoisotopic (exact) mass is 226 g/mol. The van der Waals surface area contributed by atoms with E-state index in [9.17, 15) is 9.50 Å². The molecule has 1 aromatic carbocycles. The summed E-state index contributed by atoms with van der Waals surface area (Å²) in [7, 11) is 1.50. The van der Waals surface area contributed by atoms with Crippen molar-refractivity contribution in [2.24, 2.45) is 5.92 Å². The van der Waals surface area contributed by atoms with Crippen molar-refractivity contribution >= 4 is 0 Å². The Kier molecular flexibility index (Phi) is 4.05. The molecular formula is C13H19FO2. The molecule has 0 amide bonds. The van der Waals surface area contributed by atoms with E-state index in [4.69, 9.17) is 4.74 Å². The lowest BCUT2D eigenvalue weighted by Gasteiger charge is -2.32. The van der Waals surface area contributed by atoms with Gasteiger partial charge in [-0.15, -0.1) is 0 Å². The second kappa shape index (κ2) is 4.93. The standard InChI is InChI=1S/C13H19FO2/c1-9(2)13(15,8-16-4)11-7-10(3)5-6-12(11)14/h5-7,9,15H,8H2,1-4H3. The first-order valence-electron chi connectivity index (χ1n) is 5.39. The number of hydrogen-bond donors (Lipinski definition) is 1. The third-order valence-corrected chi connectivity index (χ3v) is 2.91. The average molecular weight is 226 g/mol. The molecule has 2 nitrogen and oxygen atoms in total. The van der Waals surface area contributed by atoms with Gasteiger partial charge in [0.05, 0.1) is 6.61 Å². The molecule has 0 saturated carbocycles. The van der Waals surface area contributed by atoms with E-state index in [-0.39, 0.29) is 18.3 Å². The zero-order valence-electron chi connectivity index (χ0n) is 10.2. The van der Waals surface area contributed by atoms with E-state index in [1.54, 1.807) is 12.1 Å². The smallest absolute Gasteiger partial charge is 0.129 e. The first-order chi connectivity index (χ1) is 7.41. The molecule has 0 aliphatic rings. The van der Waals surface area contributed by atoms with Gasteiger partial charge < -0.3 is 9.84 Å². The topological polar surface area (TPSA) is 29.5 Å². The molecule has 0 aliphatic heterocycles. The zero-order valence-corrected chi connectivity index (χ0v) is 10.2. The number of aliphatic hydroxyl groups is 1. The number of aryl methyl sites for hydroxylation is 1. The molecule has 90 valence electrons. The highest BCUT2D eigenvalue weighted by Gasteiger charge is 2.35. The van der Waals surface area contributed by atoms with Gasteiger partial charge in [-0.1, -0.05) is 31.5 Å². The van der Waals surface area contributed by atoms with Gasteiger partial charge in [0.1, 0.15) is 11.4 Å². The summed E-state index contributed by atoms with van der Waals surface area (Å²) in [5, 5.41) is 10.5. The van der Waals surface area contributed by atoms with E-state index >= 15 is 0 Å². The first-order valence-corrected chi connectivity index (χ1v) is 5.39. The molecule has 0 heterocycles. The van der Waals surface area contributed by atoms with E-state index in [1.165, 1.54) is 13.2 Å². The van der Waals surface area contributed by atoms with Crippen molar-refractivity contribution in [3.63, 3.8) is 0 Å². The molecule has 1 N–H and O–H groups in total. The fraction of sp³-hybridized carbons (Fsp3) is 0.538. The van der Waals surface area contributed by atoms with Crippen LogP contribution in [0.15, 0.2) is 18.2 Å². The van der Waals surface area contributed by atoms with E-state index in [2.05, 4.69) is 0 Å². The third kappa shape index (κ3) is 2.42. The van der Waals surface area contributed by atoms with Crippen LogP contribution in [0.3, 0.4) is 0 Å². The molecule has 0 saturated heterocycles. The van der Waals surface area contributed by atoms with Crippen LogP contribution in [-0.2, 0) is 10.3 Å². The largest absolute Gasteiger partial charge is 0.382 e. The lowest BCUT2D eigenvalue weighted by Crippen LogP contribution is -2.37. The van der Waals surface area contributed by atoms with Crippen molar-refractivity contribution in [2.45, 2.75) is 26.4 Å². The van der Waals surface area contributed by atoms with Gasteiger partial charge in [0.15, 0.2) is 0 Å². The van der Waals surface area contributed by atoms with Crippen LogP contribution in [0.5, 0.6) is 0 Å².